The summed E-state index contributed by atoms with van der Waals surface area (Å²) < 4.78 is 5.81. The number of aromatic nitrogens is 2. The minimum atomic E-state index is 0.0115. The van der Waals surface area contributed by atoms with E-state index < -0.39 is 0 Å². The van der Waals surface area contributed by atoms with Gasteiger partial charge in [0, 0.05) is 31.2 Å². The third-order valence-electron chi connectivity index (χ3n) is 3.78. The van der Waals surface area contributed by atoms with Gasteiger partial charge in [-0.15, -0.1) is 0 Å². The van der Waals surface area contributed by atoms with Gasteiger partial charge >= 0.3 is 0 Å². The maximum atomic E-state index is 5.97. The van der Waals surface area contributed by atoms with Gasteiger partial charge in [0.15, 0.2) is 0 Å². The molecule has 0 aliphatic carbocycles. The molecule has 2 rings (SSSR count). The van der Waals surface area contributed by atoms with E-state index in [2.05, 4.69) is 47.9 Å². The maximum absolute atomic E-state index is 5.97. The number of hydrogen-bond donors (Lipinski definition) is 1. The smallest absolute Gasteiger partial charge is 0.134 e. The van der Waals surface area contributed by atoms with Crippen LogP contribution in [-0.2, 0) is 4.74 Å². The van der Waals surface area contributed by atoms with Crippen LogP contribution in [0.2, 0.25) is 5.15 Å². The molecule has 2 atom stereocenters. The Balaban J connectivity index is 2.00. The van der Waals surface area contributed by atoms with E-state index in [0.717, 1.165) is 25.5 Å². The molecule has 0 amide bonds. The fraction of sp³-hybridized carbons (Fsp3) is 0.733. The molecule has 1 aromatic heterocycles. The van der Waals surface area contributed by atoms with Crippen LogP contribution in [0.1, 0.15) is 33.5 Å². The quantitative estimate of drug-likeness (QED) is 0.866. The molecule has 2 unspecified atom stereocenters. The van der Waals surface area contributed by atoms with Gasteiger partial charge in [-0.3, -0.25) is 4.90 Å². The highest BCUT2D eigenvalue weighted by molar-refractivity contribution is 6.29. The summed E-state index contributed by atoms with van der Waals surface area (Å²) >= 11 is 5.97. The summed E-state index contributed by atoms with van der Waals surface area (Å²) in [5.74, 6) is 1.45. The third-order valence-corrected chi connectivity index (χ3v) is 3.98. The summed E-state index contributed by atoms with van der Waals surface area (Å²) in [6.07, 6.45) is 0.535. The second-order valence-electron chi connectivity index (χ2n) is 6.45. The van der Waals surface area contributed by atoms with Crippen molar-refractivity contribution in [2.75, 3.05) is 25.0 Å². The van der Waals surface area contributed by atoms with Gasteiger partial charge in [0.05, 0.1) is 12.2 Å². The van der Waals surface area contributed by atoms with Gasteiger partial charge in [-0.2, -0.15) is 0 Å². The normalized spacial score (nSPS) is 24.1. The van der Waals surface area contributed by atoms with Gasteiger partial charge in [0.1, 0.15) is 16.8 Å². The Kier molecular flexibility index (Phi) is 5.07. The van der Waals surface area contributed by atoms with E-state index in [4.69, 9.17) is 16.3 Å². The van der Waals surface area contributed by atoms with Gasteiger partial charge in [-0.05, 0) is 34.6 Å². The lowest BCUT2D eigenvalue weighted by Gasteiger charge is -2.45. The number of rotatable bonds is 4. The molecule has 1 aliphatic rings. The SMILES string of the molecule is Cc1nc(Cl)cc(NCC(C)(C)N2CC(C)OC(C)C2)n1. The number of nitrogens with one attached hydrogen (secondary N) is 1. The van der Waals surface area contributed by atoms with Crippen molar-refractivity contribution in [3.05, 3.63) is 17.0 Å². The van der Waals surface area contributed by atoms with Crippen molar-refractivity contribution < 1.29 is 4.74 Å². The fourth-order valence-electron chi connectivity index (χ4n) is 2.71. The van der Waals surface area contributed by atoms with Gasteiger partial charge < -0.3 is 10.1 Å². The summed E-state index contributed by atoms with van der Waals surface area (Å²) in [4.78, 5) is 10.9. The van der Waals surface area contributed by atoms with E-state index in [1.54, 1.807) is 6.07 Å². The number of ether oxygens (including phenoxy) is 1. The van der Waals surface area contributed by atoms with Gasteiger partial charge in [0.25, 0.3) is 0 Å². The zero-order chi connectivity index (χ0) is 15.6. The van der Waals surface area contributed by atoms with E-state index in [9.17, 15) is 0 Å². The number of nitrogens with zero attached hydrogens (tertiary/aromatic N) is 3. The fourth-order valence-corrected chi connectivity index (χ4v) is 2.94. The molecule has 1 N–H and O–H groups in total. The van der Waals surface area contributed by atoms with E-state index in [1.165, 1.54) is 0 Å². The molecule has 6 heteroatoms. The molecule has 5 nitrogen and oxygen atoms in total. The van der Waals surface area contributed by atoms with Crippen LogP contribution in [0.3, 0.4) is 0 Å². The highest BCUT2D eigenvalue weighted by Gasteiger charge is 2.33. The Labute approximate surface area is 132 Å². The predicted molar refractivity (Wildman–Crippen MR) is 85.9 cm³/mol. The Bertz CT molecular complexity index is 464. The van der Waals surface area contributed by atoms with Crippen LogP contribution in [-0.4, -0.2) is 52.2 Å². The van der Waals surface area contributed by atoms with Crippen molar-refractivity contribution in [1.29, 1.82) is 0 Å². The van der Waals surface area contributed by atoms with Crippen molar-refractivity contribution in [1.82, 2.24) is 14.9 Å². The molecule has 1 saturated heterocycles. The van der Waals surface area contributed by atoms with Crippen molar-refractivity contribution in [2.45, 2.75) is 52.4 Å². The van der Waals surface area contributed by atoms with Crippen LogP contribution in [0.4, 0.5) is 5.82 Å². The van der Waals surface area contributed by atoms with Crippen molar-refractivity contribution in [3.63, 3.8) is 0 Å². The van der Waals surface area contributed by atoms with E-state index in [0.29, 0.717) is 11.0 Å². The first-order valence-corrected chi connectivity index (χ1v) is 7.79. The van der Waals surface area contributed by atoms with Gasteiger partial charge in [0.2, 0.25) is 0 Å². The average molecular weight is 313 g/mol. The van der Waals surface area contributed by atoms with Crippen LogP contribution in [0.25, 0.3) is 0 Å². The Morgan fingerprint density at radius 1 is 1.33 bits per heavy atom. The molecule has 2 heterocycles. The van der Waals surface area contributed by atoms with Crippen molar-refractivity contribution >= 4 is 17.4 Å². The molecule has 0 bridgehead atoms. The molecule has 0 spiro atoms. The van der Waals surface area contributed by atoms with Crippen LogP contribution in [0, 0.1) is 6.92 Å². The highest BCUT2D eigenvalue weighted by atomic mass is 35.5. The molecular formula is C15H25ClN4O. The summed E-state index contributed by atoms with van der Waals surface area (Å²) in [5, 5.41) is 3.84. The summed E-state index contributed by atoms with van der Waals surface area (Å²) in [6, 6.07) is 1.76. The summed E-state index contributed by atoms with van der Waals surface area (Å²) in [7, 11) is 0. The van der Waals surface area contributed by atoms with Gasteiger partial charge in [-0.1, -0.05) is 11.6 Å². The molecule has 0 radical (unpaired) electrons. The first kappa shape index (κ1) is 16.5. The molecule has 1 aliphatic heterocycles. The van der Waals surface area contributed by atoms with Gasteiger partial charge in [-0.25, -0.2) is 9.97 Å². The van der Waals surface area contributed by atoms with E-state index in [1.807, 2.05) is 6.92 Å². The first-order chi connectivity index (χ1) is 9.76. The van der Waals surface area contributed by atoms with E-state index in [-0.39, 0.29) is 17.7 Å². The summed E-state index contributed by atoms with van der Waals surface area (Å²) in [5.41, 5.74) is 0.0115. The highest BCUT2D eigenvalue weighted by Crippen LogP contribution is 2.22. The molecule has 1 fully saturated rings. The Hall–Kier alpha value is -0.910. The zero-order valence-electron chi connectivity index (χ0n) is 13.5. The number of anilines is 1. The Morgan fingerprint density at radius 2 is 1.95 bits per heavy atom. The lowest BCUT2D eigenvalue weighted by atomic mass is 10.00. The standard InChI is InChI=1S/C15H25ClN4O/c1-10-7-20(8-11(2)21-10)15(4,5)9-17-14-6-13(16)18-12(3)19-14/h6,10-11H,7-9H2,1-5H3,(H,17,18,19). The zero-order valence-corrected chi connectivity index (χ0v) is 14.2. The van der Waals surface area contributed by atoms with Crippen LogP contribution in [0.5, 0.6) is 0 Å². The first-order valence-electron chi connectivity index (χ1n) is 7.42. The van der Waals surface area contributed by atoms with Crippen molar-refractivity contribution in [2.24, 2.45) is 0 Å². The third kappa shape index (κ3) is 4.53. The summed E-state index contributed by atoms with van der Waals surface area (Å²) in [6.45, 7) is 13.2. The van der Waals surface area contributed by atoms with E-state index >= 15 is 0 Å². The minimum Gasteiger partial charge on any atom is -0.373 e. The molecule has 21 heavy (non-hydrogen) atoms. The maximum Gasteiger partial charge on any atom is 0.134 e. The minimum absolute atomic E-state index is 0.0115. The lowest BCUT2D eigenvalue weighted by molar-refractivity contribution is -0.0933. The molecule has 0 aromatic carbocycles. The molecule has 1 aromatic rings. The topological polar surface area (TPSA) is 50.3 Å². The second-order valence-corrected chi connectivity index (χ2v) is 6.84. The average Bonchev–Trinajstić information content (AvgIpc) is 2.34. The Morgan fingerprint density at radius 3 is 2.52 bits per heavy atom. The number of hydrogen-bond acceptors (Lipinski definition) is 5. The van der Waals surface area contributed by atoms with Crippen LogP contribution < -0.4 is 5.32 Å². The lowest BCUT2D eigenvalue weighted by Crippen LogP contribution is -2.57. The number of halogens is 1. The number of aryl methyl sites for hydroxylation is 1. The monoisotopic (exact) mass is 312 g/mol. The second kappa shape index (κ2) is 6.46. The molecule has 118 valence electrons. The molecular weight excluding hydrogens is 288 g/mol. The van der Waals surface area contributed by atoms with Crippen LogP contribution >= 0.6 is 11.6 Å². The predicted octanol–water partition coefficient (Wildman–Crippen LogP) is 2.74. The molecule has 0 saturated carbocycles. The van der Waals surface area contributed by atoms with Crippen LogP contribution in [0.15, 0.2) is 6.07 Å². The number of morpholine rings is 1. The largest absolute Gasteiger partial charge is 0.373 e. The van der Waals surface area contributed by atoms with Crippen molar-refractivity contribution in [3.8, 4) is 0 Å².